The number of hydrogen-bond donors (Lipinski definition) is 1. The van der Waals surface area contributed by atoms with Gasteiger partial charge in [-0.2, -0.15) is 5.10 Å². The van der Waals surface area contributed by atoms with Crippen LogP contribution in [0.25, 0.3) is 22.0 Å². The summed E-state index contributed by atoms with van der Waals surface area (Å²) in [5, 5.41) is 5.45. The van der Waals surface area contributed by atoms with Crippen molar-refractivity contribution >= 4 is 26.6 Å². The maximum atomic E-state index is 13.4. The molecule has 30 heavy (non-hydrogen) atoms. The van der Waals surface area contributed by atoms with Gasteiger partial charge in [-0.15, -0.1) is 0 Å². The highest BCUT2D eigenvalue weighted by Gasteiger charge is 2.25. The summed E-state index contributed by atoms with van der Waals surface area (Å²) >= 11 is 0. The number of fused-ring (bicyclic) bond motifs is 1. The average Bonchev–Trinajstić information content (AvgIpc) is 3.32. The highest BCUT2D eigenvalue weighted by Crippen LogP contribution is 2.30. The van der Waals surface area contributed by atoms with Crippen molar-refractivity contribution in [2.24, 2.45) is 0 Å². The van der Waals surface area contributed by atoms with Crippen LogP contribution in [-0.4, -0.2) is 59.1 Å². The van der Waals surface area contributed by atoms with Crippen LogP contribution in [0.1, 0.15) is 32.7 Å². The average molecular weight is 435 g/mol. The van der Waals surface area contributed by atoms with Crippen molar-refractivity contribution in [1.82, 2.24) is 19.7 Å². The van der Waals surface area contributed by atoms with Crippen LogP contribution in [0.5, 0.6) is 0 Å². The molecule has 1 aliphatic rings. The quantitative estimate of drug-likeness (QED) is 0.667. The number of nitrogens with one attached hydrogen (secondary N) is 1. The molecule has 0 bridgehead atoms. The van der Waals surface area contributed by atoms with Crippen LogP contribution in [0.3, 0.4) is 0 Å². The minimum atomic E-state index is -3.13. The third-order valence-corrected chi connectivity index (χ3v) is 6.38. The summed E-state index contributed by atoms with van der Waals surface area (Å²) in [5.41, 5.74) is 2.67. The Bertz CT molecular complexity index is 1140. The van der Waals surface area contributed by atoms with Crippen LogP contribution in [-0.2, 0) is 14.6 Å². The SMILES string of the molecule is C.CS(=O)(=O)CCC(=O)N1CCC(n2cc(-c3c[nH]c4cc(F)ccc34)cn2)CC1. The lowest BCUT2D eigenvalue weighted by Crippen LogP contribution is -2.39. The fraction of sp³-hybridized carbons (Fsp3) is 0.429. The van der Waals surface area contributed by atoms with Crippen molar-refractivity contribution in [2.45, 2.75) is 32.7 Å². The fourth-order valence-corrected chi connectivity index (χ4v) is 4.37. The number of halogens is 1. The second-order valence-electron chi connectivity index (χ2n) is 7.59. The first-order valence-corrected chi connectivity index (χ1v) is 11.6. The molecule has 1 fully saturated rings. The Morgan fingerprint density at radius 3 is 2.73 bits per heavy atom. The van der Waals surface area contributed by atoms with E-state index in [1.807, 2.05) is 17.1 Å². The molecule has 3 aromatic rings. The summed E-state index contributed by atoms with van der Waals surface area (Å²) in [7, 11) is -3.13. The topological polar surface area (TPSA) is 88.1 Å². The largest absolute Gasteiger partial charge is 0.360 e. The van der Waals surface area contributed by atoms with E-state index in [2.05, 4.69) is 10.1 Å². The second kappa shape index (κ2) is 8.59. The molecule has 1 N–H and O–H groups in total. The number of H-pyrrole nitrogens is 1. The van der Waals surface area contributed by atoms with Gasteiger partial charge in [-0.25, -0.2) is 12.8 Å². The van der Waals surface area contributed by atoms with Gasteiger partial charge in [-0.1, -0.05) is 7.43 Å². The van der Waals surface area contributed by atoms with Gasteiger partial charge in [0.1, 0.15) is 15.7 Å². The molecule has 0 aliphatic carbocycles. The van der Waals surface area contributed by atoms with Crippen molar-refractivity contribution in [3.63, 3.8) is 0 Å². The molecule has 162 valence electrons. The van der Waals surface area contributed by atoms with Crippen molar-refractivity contribution in [3.05, 3.63) is 42.6 Å². The summed E-state index contributed by atoms with van der Waals surface area (Å²) in [6.07, 6.45) is 8.36. The molecule has 1 saturated heterocycles. The molecule has 0 atom stereocenters. The molecule has 4 rings (SSSR count). The summed E-state index contributed by atoms with van der Waals surface area (Å²) in [4.78, 5) is 17.0. The summed E-state index contributed by atoms with van der Waals surface area (Å²) < 4.78 is 37.8. The number of aromatic amines is 1. The van der Waals surface area contributed by atoms with Gasteiger partial charge >= 0.3 is 0 Å². The first-order chi connectivity index (χ1) is 13.8. The van der Waals surface area contributed by atoms with Crippen LogP contribution in [0, 0.1) is 5.82 Å². The lowest BCUT2D eigenvalue weighted by atomic mass is 10.0. The number of carbonyl (C=O) groups excluding carboxylic acids is 1. The van der Waals surface area contributed by atoms with Gasteiger partial charge < -0.3 is 9.88 Å². The number of piperidine rings is 1. The van der Waals surface area contributed by atoms with E-state index >= 15 is 0 Å². The fourth-order valence-electron chi connectivity index (χ4n) is 3.82. The molecule has 2 aromatic heterocycles. The monoisotopic (exact) mass is 434 g/mol. The zero-order chi connectivity index (χ0) is 20.6. The second-order valence-corrected chi connectivity index (χ2v) is 9.85. The Morgan fingerprint density at radius 1 is 1.30 bits per heavy atom. The molecular weight excluding hydrogens is 407 g/mol. The van der Waals surface area contributed by atoms with Gasteiger partial charge in [-0.05, 0) is 31.0 Å². The van der Waals surface area contributed by atoms with Crippen molar-refractivity contribution in [3.8, 4) is 11.1 Å². The van der Waals surface area contributed by atoms with E-state index in [1.54, 1.807) is 17.2 Å². The number of rotatable bonds is 5. The lowest BCUT2D eigenvalue weighted by Gasteiger charge is -2.32. The third-order valence-electron chi connectivity index (χ3n) is 5.43. The van der Waals surface area contributed by atoms with Crippen LogP contribution in [0.2, 0.25) is 0 Å². The predicted molar refractivity (Wildman–Crippen MR) is 115 cm³/mol. The molecular formula is C21H27FN4O3S. The maximum Gasteiger partial charge on any atom is 0.223 e. The third kappa shape index (κ3) is 4.72. The van der Waals surface area contributed by atoms with Gasteiger partial charge in [0, 0.05) is 60.2 Å². The number of nitrogens with zero attached hydrogens (tertiary/aromatic N) is 3. The number of aromatic nitrogens is 3. The highest BCUT2D eigenvalue weighted by molar-refractivity contribution is 7.90. The first kappa shape index (κ1) is 22.0. The van der Waals surface area contributed by atoms with Crippen molar-refractivity contribution < 1.29 is 17.6 Å². The first-order valence-electron chi connectivity index (χ1n) is 9.57. The molecule has 0 radical (unpaired) electrons. The predicted octanol–water partition coefficient (Wildman–Crippen LogP) is 3.40. The number of amides is 1. The number of likely N-dealkylation sites (tertiary alicyclic amines) is 1. The number of hydrogen-bond acceptors (Lipinski definition) is 4. The van der Waals surface area contributed by atoms with Gasteiger partial charge in [0.25, 0.3) is 0 Å². The van der Waals surface area contributed by atoms with E-state index in [0.717, 1.165) is 41.1 Å². The lowest BCUT2D eigenvalue weighted by molar-refractivity contribution is -0.132. The Labute approximate surface area is 175 Å². The zero-order valence-corrected chi connectivity index (χ0v) is 17.0. The van der Waals surface area contributed by atoms with Gasteiger partial charge in [0.2, 0.25) is 5.91 Å². The summed E-state index contributed by atoms with van der Waals surface area (Å²) in [5.74, 6) is -0.497. The van der Waals surface area contributed by atoms with E-state index in [1.165, 1.54) is 12.1 Å². The number of carbonyl (C=O) groups is 1. The van der Waals surface area contributed by atoms with Crippen LogP contribution < -0.4 is 0 Å². The van der Waals surface area contributed by atoms with Crippen LogP contribution in [0.4, 0.5) is 4.39 Å². The molecule has 1 aromatic carbocycles. The van der Waals surface area contributed by atoms with Crippen LogP contribution in [0.15, 0.2) is 36.8 Å². The van der Waals surface area contributed by atoms with E-state index in [0.29, 0.717) is 13.1 Å². The standard InChI is InChI=1S/C20H23FN4O3S.CH4/c1-29(27,28)9-6-20(26)24-7-4-16(5-8-24)25-13-14(11-23-25)18-12-22-19-10-15(21)2-3-17(18)19;/h2-3,10-13,16,22H,4-9H2,1H3;1H4. The van der Waals surface area contributed by atoms with Crippen LogP contribution >= 0.6 is 0 Å². The summed E-state index contributed by atoms with van der Waals surface area (Å²) in [6, 6.07) is 4.86. The summed E-state index contributed by atoms with van der Waals surface area (Å²) in [6.45, 7) is 1.18. The van der Waals surface area contributed by atoms with Gasteiger partial charge in [0.05, 0.1) is 18.0 Å². The smallest absolute Gasteiger partial charge is 0.223 e. The number of benzene rings is 1. The normalized spacial score (nSPS) is 15.3. The molecule has 0 spiro atoms. The zero-order valence-electron chi connectivity index (χ0n) is 16.1. The Balaban J connectivity index is 0.00000256. The molecule has 1 amide bonds. The van der Waals surface area contributed by atoms with E-state index in [-0.39, 0.29) is 37.4 Å². The minimum absolute atomic E-state index is 0. The molecule has 0 unspecified atom stereocenters. The van der Waals surface area contributed by atoms with E-state index in [4.69, 9.17) is 0 Å². The Hall–Kier alpha value is -2.68. The highest BCUT2D eigenvalue weighted by atomic mass is 32.2. The van der Waals surface area contributed by atoms with Gasteiger partial charge in [-0.3, -0.25) is 9.48 Å². The molecule has 9 heteroatoms. The van der Waals surface area contributed by atoms with Crippen molar-refractivity contribution in [1.29, 1.82) is 0 Å². The maximum absolute atomic E-state index is 13.4. The number of sulfone groups is 1. The van der Waals surface area contributed by atoms with Crippen molar-refractivity contribution in [2.75, 3.05) is 25.1 Å². The molecule has 1 aliphatic heterocycles. The Kier molecular flexibility index (Phi) is 6.30. The Morgan fingerprint density at radius 2 is 2.03 bits per heavy atom. The molecule has 0 saturated carbocycles. The van der Waals surface area contributed by atoms with E-state index < -0.39 is 9.84 Å². The molecule has 3 heterocycles. The minimum Gasteiger partial charge on any atom is -0.360 e. The van der Waals surface area contributed by atoms with E-state index in [9.17, 15) is 17.6 Å². The van der Waals surface area contributed by atoms with Gasteiger partial charge in [0.15, 0.2) is 0 Å². The molecule has 7 nitrogen and oxygen atoms in total.